The van der Waals surface area contributed by atoms with E-state index in [1.807, 2.05) is 30.3 Å². The number of amides is 2. The van der Waals surface area contributed by atoms with Gasteiger partial charge in [-0.05, 0) is 56.6 Å². The van der Waals surface area contributed by atoms with E-state index in [1.165, 1.54) is 6.42 Å². The van der Waals surface area contributed by atoms with Crippen LogP contribution in [0.15, 0.2) is 30.3 Å². The Kier molecular flexibility index (Phi) is 10.2. The zero-order valence-corrected chi connectivity index (χ0v) is 24.6. The second kappa shape index (κ2) is 14.3. The summed E-state index contributed by atoms with van der Waals surface area (Å²) in [4.78, 5) is 69.6. The molecule has 0 spiro atoms. The predicted molar refractivity (Wildman–Crippen MR) is 161 cm³/mol. The van der Waals surface area contributed by atoms with Crippen LogP contribution in [-0.4, -0.2) is 46.2 Å². The minimum atomic E-state index is -1.08. The lowest BCUT2D eigenvalue weighted by atomic mass is 9.80. The fourth-order valence-corrected chi connectivity index (χ4v) is 7.27. The number of hydrogen-bond acceptors (Lipinski definition) is 5. The number of carbonyl (C=O) groups excluding carboxylic acids is 5. The van der Waals surface area contributed by atoms with Crippen molar-refractivity contribution in [1.29, 1.82) is 0 Å². The maximum atomic E-state index is 13.9. The zero-order valence-electron chi connectivity index (χ0n) is 24.6. The summed E-state index contributed by atoms with van der Waals surface area (Å²) in [6.07, 6.45) is 12.9. The zero-order chi connectivity index (χ0) is 29.5. The number of aromatic amines is 1. The number of ketones is 3. The highest BCUT2D eigenvalue weighted by Gasteiger charge is 2.37. The molecule has 0 unspecified atom stereocenters. The minimum Gasteiger partial charge on any atom is -0.352 e. The molecule has 226 valence electrons. The van der Waals surface area contributed by atoms with Gasteiger partial charge < -0.3 is 15.6 Å². The van der Waals surface area contributed by atoms with Crippen LogP contribution in [0.1, 0.15) is 113 Å². The molecule has 3 N–H and O–H groups in total. The Bertz CT molecular complexity index is 1250. The molecule has 1 aromatic heterocycles. The molecular formula is C34H45N3O5. The molecule has 0 saturated heterocycles. The lowest BCUT2D eigenvalue weighted by Gasteiger charge is -2.28. The standard InChI is InChI=1S/C34H45N3O5/c38-30-17-9-13-24(30)20-29(32(40)34(42)35-26-14-5-2-6-15-26)37-33(41)25(18-22-10-3-1-4-11-22)21-31(39)28-19-23-12-7-8-16-27(23)36-28/h7-8,12,16,19,22,24-26,29,36H,1-6,9-11,13-15,17-18,20-21H2,(H,35,42)(H,37,41)/t24-,25+,29-/m0/s1. The molecule has 3 aliphatic rings. The van der Waals surface area contributed by atoms with Crippen LogP contribution in [0.25, 0.3) is 10.9 Å². The highest BCUT2D eigenvalue weighted by molar-refractivity contribution is 6.38. The molecule has 3 atom stereocenters. The summed E-state index contributed by atoms with van der Waals surface area (Å²) in [6.45, 7) is 0. The van der Waals surface area contributed by atoms with Crippen LogP contribution in [0.4, 0.5) is 0 Å². The molecule has 1 heterocycles. The quantitative estimate of drug-likeness (QED) is 0.225. The number of benzene rings is 1. The first kappa shape index (κ1) is 30.2. The first-order valence-corrected chi connectivity index (χ1v) is 16.2. The van der Waals surface area contributed by atoms with Crippen LogP contribution in [0.2, 0.25) is 0 Å². The summed E-state index contributed by atoms with van der Waals surface area (Å²) in [6, 6.07) is 8.38. The van der Waals surface area contributed by atoms with Crippen LogP contribution in [0.3, 0.4) is 0 Å². The van der Waals surface area contributed by atoms with Gasteiger partial charge >= 0.3 is 0 Å². The SMILES string of the molecule is O=C(NC1CCCCC1)C(=O)[C@H](C[C@@H]1CCCC1=O)NC(=O)[C@@H](CC(=O)c1cc2ccccc2[nH]1)CC1CCCCC1. The normalized spacial score (nSPS) is 21.6. The van der Waals surface area contributed by atoms with E-state index in [0.29, 0.717) is 30.9 Å². The molecule has 0 radical (unpaired) electrons. The van der Waals surface area contributed by atoms with Crippen molar-refractivity contribution >= 4 is 40.1 Å². The monoisotopic (exact) mass is 575 g/mol. The third-order valence-corrected chi connectivity index (χ3v) is 9.72. The second-order valence-corrected chi connectivity index (χ2v) is 12.9. The average molecular weight is 576 g/mol. The molecule has 3 saturated carbocycles. The van der Waals surface area contributed by atoms with Crippen molar-refractivity contribution in [3.05, 3.63) is 36.0 Å². The number of rotatable bonds is 12. The second-order valence-electron chi connectivity index (χ2n) is 12.9. The van der Waals surface area contributed by atoms with Crippen molar-refractivity contribution in [2.45, 2.75) is 115 Å². The molecule has 1 aromatic carbocycles. The average Bonchev–Trinajstić information content (AvgIpc) is 3.63. The highest BCUT2D eigenvalue weighted by Crippen LogP contribution is 2.32. The van der Waals surface area contributed by atoms with Crippen molar-refractivity contribution in [3.63, 3.8) is 0 Å². The fourth-order valence-electron chi connectivity index (χ4n) is 7.27. The Morgan fingerprint density at radius 1 is 0.857 bits per heavy atom. The Balaban J connectivity index is 1.32. The van der Waals surface area contributed by atoms with Gasteiger partial charge in [-0.15, -0.1) is 0 Å². The van der Waals surface area contributed by atoms with E-state index in [0.717, 1.165) is 75.1 Å². The number of fused-ring (bicyclic) bond motifs is 1. The van der Waals surface area contributed by atoms with Crippen LogP contribution in [0, 0.1) is 17.8 Å². The highest BCUT2D eigenvalue weighted by atomic mass is 16.2. The maximum absolute atomic E-state index is 13.9. The minimum absolute atomic E-state index is 0.0205. The molecule has 8 heteroatoms. The maximum Gasteiger partial charge on any atom is 0.289 e. The van der Waals surface area contributed by atoms with Crippen molar-refractivity contribution in [2.24, 2.45) is 17.8 Å². The van der Waals surface area contributed by atoms with Gasteiger partial charge in [0.05, 0.1) is 11.7 Å². The number of carbonyl (C=O) groups is 5. The van der Waals surface area contributed by atoms with Crippen molar-refractivity contribution in [1.82, 2.24) is 15.6 Å². The number of aromatic nitrogens is 1. The number of para-hydroxylation sites is 1. The molecule has 2 amide bonds. The van der Waals surface area contributed by atoms with E-state index in [2.05, 4.69) is 15.6 Å². The van der Waals surface area contributed by atoms with Crippen LogP contribution >= 0.6 is 0 Å². The largest absolute Gasteiger partial charge is 0.352 e. The smallest absolute Gasteiger partial charge is 0.289 e. The molecule has 0 aliphatic heterocycles. The van der Waals surface area contributed by atoms with Gasteiger partial charge in [0, 0.05) is 41.6 Å². The van der Waals surface area contributed by atoms with Crippen molar-refractivity contribution in [2.75, 3.05) is 0 Å². The van der Waals surface area contributed by atoms with Crippen molar-refractivity contribution in [3.8, 4) is 0 Å². The topological polar surface area (TPSA) is 125 Å². The summed E-state index contributed by atoms with van der Waals surface area (Å²) in [5, 5.41) is 6.71. The molecule has 2 aromatic rings. The summed E-state index contributed by atoms with van der Waals surface area (Å²) < 4.78 is 0. The van der Waals surface area contributed by atoms with E-state index < -0.39 is 23.7 Å². The molecule has 42 heavy (non-hydrogen) atoms. The van der Waals surface area contributed by atoms with Crippen LogP contribution < -0.4 is 10.6 Å². The van der Waals surface area contributed by atoms with Gasteiger partial charge in [-0.2, -0.15) is 0 Å². The van der Waals surface area contributed by atoms with Gasteiger partial charge in [0.25, 0.3) is 5.91 Å². The van der Waals surface area contributed by atoms with E-state index in [-0.39, 0.29) is 42.3 Å². The van der Waals surface area contributed by atoms with E-state index in [9.17, 15) is 24.0 Å². The Labute approximate surface area is 248 Å². The van der Waals surface area contributed by atoms with Gasteiger partial charge in [0.2, 0.25) is 11.7 Å². The van der Waals surface area contributed by atoms with Crippen molar-refractivity contribution < 1.29 is 24.0 Å². The number of H-pyrrole nitrogens is 1. The molecule has 5 rings (SSSR count). The Morgan fingerprint density at radius 2 is 1.57 bits per heavy atom. The summed E-state index contributed by atoms with van der Waals surface area (Å²) in [5.41, 5.74) is 1.33. The third kappa shape index (κ3) is 7.75. The Hall–Kier alpha value is -3.29. The molecule has 3 aliphatic carbocycles. The molecule has 8 nitrogen and oxygen atoms in total. The van der Waals surface area contributed by atoms with Gasteiger partial charge in [0.1, 0.15) is 5.78 Å². The first-order valence-electron chi connectivity index (χ1n) is 16.2. The van der Waals surface area contributed by atoms with E-state index in [1.54, 1.807) is 0 Å². The van der Waals surface area contributed by atoms with Gasteiger partial charge in [-0.25, -0.2) is 0 Å². The van der Waals surface area contributed by atoms with Crippen LogP contribution in [-0.2, 0) is 19.2 Å². The summed E-state index contributed by atoms with van der Waals surface area (Å²) in [5.74, 6) is -2.44. The van der Waals surface area contributed by atoms with Gasteiger partial charge in [0.15, 0.2) is 5.78 Å². The number of Topliss-reactive ketones (excluding diaryl/α,β-unsaturated/α-hetero) is 3. The number of nitrogens with one attached hydrogen (secondary N) is 3. The van der Waals surface area contributed by atoms with Crippen LogP contribution in [0.5, 0.6) is 0 Å². The number of hydrogen-bond donors (Lipinski definition) is 3. The fraction of sp³-hybridized carbons (Fsp3) is 0.618. The lowest BCUT2D eigenvalue weighted by Crippen LogP contribution is -2.52. The van der Waals surface area contributed by atoms with E-state index >= 15 is 0 Å². The van der Waals surface area contributed by atoms with E-state index in [4.69, 9.17) is 0 Å². The van der Waals surface area contributed by atoms with Gasteiger partial charge in [-0.3, -0.25) is 24.0 Å². The molecular weight excluding hydrogens is 530 g/mol. The first-order chi connectivity index (χ1) is 20.4. The summed E-state index contributed by atoms with van der Waals surface area (Å²) >= 11 is 0. The predicted octanol–water partition coefficient (Wildman–Crippen LogP) is 5.59. The molecule has 0 bridgehead atoms. The lowest BCUT2D eigenvalue weighted by molar-refractivity contribution is -0.141. The Morgan fingerprint density at radius 3 is 2.26 bits per heavy atom. The van der Waals surface area contributed by atoms with Gasteiger partial charge in [-0.1, -0.05) is 69.6 Å². The molecule has 3 fully saturated rings. The third-order valence-electron chi connectivity index (χ3n) is 9.72. The summed E-state index contributed by atoms with van der Waals surface area (Å²) in [7, 11) is 0.